The van der Waals surface area contributed by atoms with Crippen molar-refractivity contribution in [2.45, 2.75) is 6.92 Å². The SMILES string of the molecule is CC(=O)N(C)c1ccc(N=Nc2c(O)[nH]c(=O)[nH]c2=O)cc1. The maximum atomic E-state index is 11.5. The van der Waals surface area contributed by atoms with Gasteiger partial charge in [0.05, 0.1) is 5.69 Å². The Labute approximate surface area is 124 Å². The number of amides is 1. The lowest BCUT2D eigenvalue weighted by molar-refractivity contribution is -0.116. The van der Waals surface area contributed by atoms with Gasteiger partial charge in [0.15, 0.2) is 0 Å². The van der Waals surface area contributed by atoms with Crippen LogP contribution in [-0.4, -0.2) is 28.0 Å². The Bertz CT molecular complexity index is 835. The number of hydrogen-bond donors (Lipinski definition) is 3. The van der Waals surface area contributed by atoms with E-state index in [0.29, 0.717) is 11.4 Å². The summed E-state index contributed by atoms with van der Waals surface area (Å²) in [5.41, 5.74) is -0.998. The van der Waals surface area contributed by atoms with Gasteiger partial charge >= 0.3 is 5.69 Å². The average molecular weight is 303 g/mol. The molecule has 0 aliphatic rings. The molecule has 1 aromatic carbocycles. The van der Waals surface area contributed by atoms with Crippen molar-refractivity contribution in [2.75, 3.05) is 11.9 Å². The van der Waals surface area contributed by atoms with Crippen LogP contribution in [0.25, 0.3) is 0 Å². The first-order valence-electron chi connectivity index (χ1n) is 6.20. The molecule has 0 radical (unpaired) electrons. The normalized spacial score (nSPS) is 10.8. The van der Waals surface area contributed by atoms with Crippen LogP contribution in [-0.2, 0) is 4.79 Å². The van der Waals surface area contributed by atoms with E-state index in [1.807, 2.05) is 9.97 Å². The number of hydrogen-bond acceptors (Lipinski definition) is 6. The third kappa shape index (κ3) is 3.26. The molecule has 0 saturated carbocycles. The van der Waals surface area contributed by atoms with Crippen molar-refractivity contribution in [1.82, 2.24) is 9.97 Å². The lowest BCUT2D eigenvalue weighted by atomic mass is 10.2. The Hall–Kier alpha value is -3.23. The Kier molecular flexibility index (Phi) is 4.16. The molecule has 3 N–H and O–H groups in total. The largest absolute Gasteiger partial charge is 0.493 e. The number of aromatic amines is 2. The maximum absolute atomic E-state index is 11.5. The lowest BCUT2D eigenvalue weighted by Gasteiger charge is -2.14. The minimum Gasteiger partial charge on any atom is -0.493 e. The first-order valence-corrected chi connectivity index (χ1v) is 6.20. The first-order chi connectivity index (χ1) is 10.4. The number of nitrogens with zero attached hydrogens (tertiary/aromatic N) is 3. The Morgan fingerprint density at radius 1 is 1.14 bits per heavy atom. The molecule has 2 rings (SSSR count). The van der Waals surface area contributed by atoms with E-state index in [1.54, 1.807) is 31.3 Å². The predicted octanol–water partition coefficient (Wildman–Crippen LogP) is 1.17. The monoisotopic (exact) mass is 303 g/mol. The minimum absolute atomic E-state index is 0.112. The van der Waals surface area contributed by atoms with Crippen LogP contribution in [0.1, 0.15) is 6.92 Å². The highest BCUT2D eigenvalue weighted by atomic mass is 16.3. The molecule has 0 saturated heterocycles. The summed E-state index contributed by atoms with van der Waals surface area (Å²) in [6.07, 6.45) is 0. The predicted molar refractivity (Wildman–Crippen MR) is 79.1 cm³/mol. The van der Waals surface area contributed by atoms with Gasteiger partial charge in [-0.1, -0.05) is 0 Å². The van der Waals surface area contributed by atoms with Crippen LogP contribution in [0.4, 0.5) is 17.1 Å². The van der Waals surface area contributed by atoms with Gasteiger partial charge in [0.2, 0.25) is 17.5 Å². The number of anilines is 1. The highest BCUT2D eigenvalue weighted by Gasteiger charge is 2.08. The molecule has 2 aromatic rings. The molecule has 0 atom stereocenters. The number of rotatable bonds is 3. The van der Waals surface area contributed by atoms with Crippen molar-refractivity contribution in [2.24, 2.45) is 10.2 Å². The number of benzene rings is 1. The lowest BCUT2D eigenvalue weighted by Crippen LogP contribution is -2.22. The molecule has 0 spiro atoms. The van der Waals surface area contributed by atoms with Crippen LogP contribution >= 0.6 is 0 Å². The van der Waals surface area contributed by atoms with E-state index in [0.717, 1.165) is 0 Å². The number of nitrogens with one attached hydrogen (secondary N) is 2. The van der Waals surface area contributed by atoms with Crippen molar-refractivity contribution in [1.29, 1.82) is 0 Å². The zero-order chi connectivity index (χ0) is 16.3. The number of azo groups is 1. The summed E-state index contributed by atoms with van der Waals surface area (Å²) in [4.78, 5) is 39.0. The van der Waals surface area contributed by atoms with E-state index in [4.69, 9.17) is 0 Å². The number of H-pyrrole nitrogens is 2. The summed E-state index contributed by atoms with van der Waals surface area (Å²) in [6.45, 7) is 1.44. The maximum Gasteiger partial charge on any atom is 0.328 e. The van der Waals surface area contributed by atoms with Gasteiger partial charge in [-0.25, -0.2) is 4.79 Å². The fourth-order valence-electron chi connectivity index (χ4n) is 1.59. The van der Waals surface area contributed by atoms with Crippen LogP contribution in [0.3, 0.4) is 0 Å². The van der Waals surface area contributed by atoms with Gasteiger partial charge < -0.3 is 10.0 Å². The number of carbonyl (C=O) groups is 1. The molecule has 0 bridgehead atoms. The van der Waals surface area contributed by atoms with Gasteiger partial charge in [-0.15, -0.1) is 5.11 Å². The van der Waals surface area contributed by atoms with Gasteiger partial charge in [0.25, 0.3) is 5.56 Å². The standard InChI is InChI=1S/C13H13N5O4/c1-7(19)18(2)9-5-3-8(4-6-9)16-17-10-11(20)14-13(22)15-12(10)21/h3-6H,1-2H3,(H3,14,15,20,21,22). The molecule has 1 heterocycles. The van der Waals surface area contributed by atoms with E-state index in [2.05, 4.69) is 10.2 Å². The van der Waals surface area contributed by atoms with E-state index in [1.165, 1.54) is 11.8 Å². The Morgan fingerprint density at radius 3 is 2.32 bits per heavy atom. The molecule has 0 aliphatic carbocycles. The molecule has 1 amide bonds. The van der Waals surface area contributed by atoms with Gasteiger partial charge in [0, 0.05) is 19.7 Å². The summed E-state index contributed by atoms with van der Waals surface area (Å²) in [7, 11) is 1.64. The zero-order valence-electron chi connectivity index (χ0n) is 11.8. The smallest absolute Gasteiger partial charge is 0.328 e. The van der Waals surface area contributed by atoms with Gasteiger partial charge in [-0.05, 0) is 24.3 Å². The van der Waals surface area contributed by atoms with E-state index in [9.17, 15) is 19.5 Å². The molecular formula is C13H13N5O4. The second-order valence-electron chi connectivity index (χ2n) is 4.40. The average Bonchev–Trinajstić information content (AvgIpc) is 2.46. The third-order valence-electron chi connectivity index (χ3n) is 2.87. The number of aromatic hydroxyl groups is 1. The molecule has 0 aliphatic heterocycles. The van der Waals surface area contributed by atoms with E-state index < -0.39 is 22.8 Å². The summed E-state index contributed by atoms with van der Waals surface area (Å²) in [5.74, 6) is -0.774. The van der Waals surface area contributed by atoms with Gasteiger partial charge in [-0.2, -0.15) is 5.11 Å². The second kappa shape index (κ2) is 6.04. The van der Waals surface area contributed by atoms with Crippen molar-refractivity contribution in [3.63, 3.8) is 0 Å². The van der Waals surface area contributed by atoms with Crippen molar-refractivity contribution in [3.8, 4) is 5.88 Å². The fourth-order valence-corrected chi connectivity index (χ4v) is 1.59. The van der Waals surface area contributed by atoms with Crippen LogP contribution in [0, 0.1) is 0 Å². The van der Waals surface area contributed by atoms with Crippen LogP contribution in [0.2, 0.25) is 0 Å². The minimum atomic E-state index is -0.849. The van der Waals surface area contributed by atoms with Crippen molar-refractivity contribution in [3.05, 3.63) is 45.1 Å². The van der Waals surface area contributed by atoms with Crippen molar-refractivity contribution < 1.29 is 9.90 Å². The fraction of sp³-hybridized carbons (Fsp3) is 0.154. The van der Waals surface area contributed by atoms with Crippen LogP contribution < -0.4 is 16.1 Å². The Morgan fingerprint density at radius 2 is 1.77 bits per heavy atom. The quantitative estimate of drug-likeness (QED) is 0.734. The first kappa shape index (κ1) is 15.2. The van der Waals surface area contributed by atoms with Crippen LogP contribution in [0.5, 0.6) is 5.88 Å². The molecule has 9 heteroatoms. The summed E-state index contributed by atoms with van der Waals surface area (Å²) in [5, 5.41) is 16.9. The molecule has 0 unspecified atom stereocenters. The second-order valence-corrected chi connectivity index (χ2v) is 4.40. The molecular weight excluding hydrogens is 290 g/mol. The summed E-state index contributed by atoms with van der Waals surface area (Å²) >= 11 is 0. The highest BCUT2D eigenvalue weighted by molar-refractivity contribution is 5.90. The topological polar surface area (TPSA) is 131 Å². The van der Waals surface area contributed by atoms with Gasteiger partial charge in [0.1, 0.15) is 0 Å². The number of carbonyl (C=O) groups excluding carboxylic acids is 1. The molecule has 1 aromatic heterocycles. The molecule has 0 fully saturated rings. The zero-order valence-corrected chi connectivity index (χ0v) is 11.8. The third-order valence-corrected chi connectivity index (χ3v) is 2.87. The van der Waals surface area contributed by atoms with Crippen molar-refractivity contribution >= 4 is 23.0 Å². The van der Waals surface area contributed by atoms with E-state index in [-0.39, 0.29) is 5.91 Å². The molecule has 114 valence electrons. The molecule has 9 nitrogen and oxygen atoms in total. The Balaban J connectivity index is 2.26. The molecule has 22 heavy (non-hydrogen) atoms. The highest BCUT2D eigenvalue weighted by Crippen LogP contribution is 2.22. The summed E-state index contributed by atoms with van der Waals surface area (Å²) < 4.78 is 0. The number of aromatic nitrogens is 2. The van der Waals surface area contributed by atoms with E-state index >= 15 is 0 Å². The van der Waals surface area contributed by atoms with Gasteiger partial charge in [-0.3, -0.25) is 19.6 Å². The van der Waals surface area contributed by atoms with Crippen LogP contribution in [0.15, 0.2) is 44.1 Å². The summed E-state index contributed by atoms with van der Waals surface area (Å²) in [6, 6.07) is 6.50.